The van der Waals surface area contributed by atoms with Gasteiger partial charge in [0.15, 0.2) is 4.20 Å². The van der Waals surface area contributed by atoms with Crippen molar-refractivity contribution in [2.75, 3.05) is 0 Å². The molecule has 3 rings (SSSR count). The molecule has 0 aromatic carbocycles. The molecule has 0 spiro atoms. The van der Waals surface area contributed by atoms with Gasteiger partial charge in [-0.25, -0.2) is 9.13 Å². The average Bonchev–Trinajstić information content (AvgIpc) is 2.81. The fourth-order valence-electron chi connectivity index (χ4n) is 4.56. The molecule has 2 aliphatic carbocycles. The number of thiocarbonyl (C=S) groups is 1. The second kappa shape index (κ2) is 7.04. The van der Waals surface area contributed by atoms with Crippen LogP contribution in [0.15, 0.2) is 0 Å². The van der Waals surface area contributed by atoms with Crippen molar-refractivity contribution in [1.82, 2.24) is 4.57 Å². The van der Waals surface area contributed by atoms with Gasteiger partial charge in [-0.05, 0) is 51.4 Å². The van der Waals surface area contributed by atoms with E-state index in [4.69, 9.17) is 12.2 Å². The lowest BCUT2D eigenvalue weighted by atomic mass is 9.94. The maximum atomic E-state index is 5.57. The lowest BCUT2D eigenvalue weighted by Gasteiger charge is -2.23. The molecular weight excluding hydrogens is 308 g/mol. The monoisotopic (exact) mass is 337 g/mol. The first-order valence-corrected chi connectivity index (χ1v) is 9.83. The van der Waals surface area contributed by atoms with Crippen molar-refractivity contribution >= 4 is 29.0 Å². The molecule has 1 aromatic rings. The first kappa shape index (κ1) is 16.5. The zero-order valence-corrected chi connectivity index (χ0v) is 15.7. The summed E-state index contributed by atoms with van der Waals surface area (Å²) in [5.74, 6) is 1.21. The standard InChI is InChI=1S/C18H28N2S2/c1-13-14(2)20(16-11-7-4-8-12-16)17(18(21)22)19(13)15-9-5-3-6-10-15/h15-16H,3-12H2,1-2H3/p+1. The van der Waals surface area contributed by atoms with Crippen LogP contribution in [0.4, 0.5) is 0 Å². The van der Waals surface area contributed by atoms with Crippen LogP contribution in [-0.2, 0) is 0 Å². The minimum atomic E-state index is 0.623. The van der Waals surface area contributed by atoms with Gasteiger partial charge in [-0.2, -0.15) is 0 Å². The predicted octanol–water partition coefficient (Wildman–Crippen LogP) is 5.01. The molecule has 1 aromatic heterocycles. The summed E-state index contributed by atoms with van der Waals surface area (Å²) in [5.41, 5.74) is 2.81. The van der Waals surface area contributed by atoms with Crippen LogP contribution in [-0.4, -0.2) is 8.76 Å². The van der Waals surface area contributed by atoms with Gasteiger partial charge in [0.05, 0.1) is 0 Å². The smallest absolute Gasteiger partial charge is 0.223 e. The number of thiol groups is 1. The fraction of sp³-hybridized carbons (Fsp3) is 0.778. The molecule has 0 bridgehead atoms. The van der Waals surface area contributed by atoms with E-state index in [1.54, 1.807) is 0 Å². The zero-order chi connectivity index (χ0) is 15.7. The molecule has 4 heteroatoms. The molecule has 1 heterocycles. The summed E-state index contributed by atoms with van der Waals surface area (Å²) >= 11 is 10.2. The van der Waals surface area contributed by atoms with Gasteiger partial charge in [0.2, 0.25) is 0 Å². The van der Waals surface area contributed by atoms with Crippen molar-refractivity contribution in [3.63, 3.8) is 0 Å². The topological polar surface area (TPSA) is 8.81 Å². The van der Waals surface area contributed by atoms with Crippen molar-refractivity contribution in [2.24, 2.45) is 0 Å². The molecule has 0 N–H and O–H groups in total. The molecule has 22 heavy (non-hydrogen) atoms. The predicted molar refractivity (Wildman–Crippen MR) is 99.0 cm³/mol. The van der Waals surface area contributed by atoms with Gasteiger partial charge in [0, 0.05) is 13.8 Å². The molecule has 0 radical (unpaired) electrons. The average molecular weight is 338 g/mol. The molecule has 2 nitrogen and oxygen atoms in total. The van der Waals surface area contributed by atoms with Gasteiger partial charge in [0.25, 0.3) is 0 Å². The molecule has 2 fully saturated rings. The molecule has 0 saturated heterocycles. The second-order valence-electron chi connectivity index (χ2n) is 7.12. The number of hydrogen-bond acceptors (Lipinski definition) is 1. The third-order valence-corrected chi connectivity index (χ3v) is 6.16. The third-order valence-electron chi connectivity index (χ3n) is 5.77. The maximum Gasteiger partial charge on any atom is 0.307 e. The van der Waals surface area contributed by atoms with Gasteiger partial charge < -0.3 is 0 Å². The normalized spacial score (nSPS) is 21.2. The lowest BCUT2D eigenvalue weighted by Crippen LogP contribution is -2.46. The van der Waals surface area contributed by atoms with Crippen molar-refractivity contribution in [3.05, 3.63) is 17.2 Å². The maximum absolute atomic E-state index is 5.57. The highest BCUT2D eigenvalue weighted by molar-refractivity contribution is 8.11. The summed E-state index contributed by atoms with van der Waals surface area (Å²) in [6.07, 6.45) is 13.4. The van der Waals surface area contributed by atoms with Crippen LogP contribution in [0.25, 0.3) is 0 Å². The van der Waals surface area contributed by atoms with E-state index in [9.17, 15) is 0 Å². The van der Waals surface area contributed by atoms with Crippen LogP contribution >= 0.6 is 24.8 Å². The molecule has 0 atom stereocenters. The van der Waals surface area contributed by atoms with Crippen molar-refractivity contribution in [3.8, 4) is 0 Å². The Morgan fingerprint density at radius 1 is 1.00 bits per heavy atom. The molecule has 0 aliphatic heterocycles. The number of nitrogens with zero attached hydrogens (tertiary/aromatic N) is 2. The summed E-state index contributed by atoms with van der Waals surface area (Å²) in [4.78, 5) is 0. The van der Waals surface area contributed by atoms with Gasteiger partial charge in [-0.1, -0.05) is 25.1 Å². The van der Waals surface area contributed by atoms with E-state index in [2.05, 4.69) is 35.6 Å². The Balaban J connectivity index is 2.07. The molecule has 2 saturated carbocycles. The Bertz CT molecular complexity index is 508. The zero-order valence-electron chi connectivity index (χ0n) is 14.0. The number of rotatable bonds is 3. The van der Waals surface area contributed by atoms with Crippen molar-refractivity contribution < 1.29 is 4.57 Å². The van der Waals surface area contributed by atoms with E-state index >= 15 is 0 Å². The van der Waals surface area contributed by atoms with Gasteiger partial charge in [0.1, 0.15) is 23.5 Å². The highest BCUT2D eigenvalue weighted by Crippen LogP contribution is 2.33. The second-order valence-corrected chi connectivity index (χ2v) is 8.28. The number of imidazole rings is 1. The molecule has 2 aliphatic rings. The SMILES string of the molecule is Cc1c(C)[n+](C2CCCCC2)c(C(=S)S)n1C1CCCCC1. The van der Waals surface area contributed by atoms with E-state index in [1.807, 2.05) is 0 Å². The summed E-state index contributed by atoms with van der Waals surface area (Å²) < 4.78 is 5.85. The van der Waals surface area contributed by atoms with E-state index in [0.29, 0.717) is 12.1 Å². The first-order valence-electron chi connectivity index (χ1n) is 8.97. The summed E-state index contributed by atoms with van der Waals surface area (Å²) in [6.45, 7) is 4.55. The molecule has 0 unspecified atom stereocenters. The van der Waals surface area contributed by atoms with Crippen LogP contribution in [0.2, 0.25) is 0 Å². The number of aromatic nitrogens is 2. The minimum absolute atomic E-state index is 0.623. The summed E-state index contributed by atoms with van der Waals surface area (Å²) in [5, 5.41) is 0. The van der Waals surface area contributed by atoms with E-state index in [-0.39, 0.29) is 0 Å². The van der Waals surface area contributed by atoms with Gasteiger partial charge in [-0.3, -0.25) is 0 Å². The summed E-state index contributed by atoms with van der Waals surface area (Å²) in [6, 6.07) is 1.25. The molecule has 122 valence electrons. The fourth-order valence-corrected chi connectivity index (χ4v) is 4.97. The Morgan fingerprint density at radius 2 is 1.55 bits per heavy atom. The van der Waals surface area contributed by atoms with E-state index < -0.39 is 0 Å². The molecular formula is C18H29N2S2+. The van der Waals surface area contributed by atoms with E-state index in [1.165, 1.54) is 81.4 Å². The quantitative estimate of drug-likeness (QED) is 0.463. The van der Waals surface area contributed by atoms with Crippen molar-refractivity contribution in [1.29, 1.82) is 0 Å². The third kappa shape index (κ3) is 3.01. The Hall–Kier alpha value is -0.350. The van der Waals surface area contributed by atoms with Gasteiger partial charge >= 0.3 is 5.82 Å². The van der Waals surface area contributed by atoms with Crippen LogP contribution in [0.3, 0.4) is 0 Å². The largest absolute Gasteiger partial charge is 0.307 e. The van der Waals surface area contributed by atoms with Crippen LogP contribution in [0, 0.1) is 13.8 Å². The Morgan fingerprint density at radius 3 is 2.09 bits per heavy atom. The summed E-state index contributed by atoms with van der Waals surface area (Å²) in [7, 11) is 0. The van der Waals surface area contributed by atoms with Gasteiger partial charge in [-0.15, -0.1) is 12.6 Å². The van der Waals surface area contributed by atoms with Crippen molar-refractivity contribution in [2.45, 2.75) is 90.1 Å². The lowest BCUT2D eigenvalue weighted by molar-refractivity contribution is -0.731. The van der Waals surface area contributed by atoms with E-state index in [0.717, 1.165) is 4.20 Å². The highest BCUT2D eigenvalue weighted by Gasteiger charge is 2.36. The minimum Gasteiger partial charge on any atom is -0.223 e. The van der Waals surface area contributed by atoms with Crippen LogP contribution in [0.1, 0.15) is 93.5 Å². The Labute approximate surface area is 145 Å². The van der Waals surface area contributed by atoms with Crippen LogP contribution in [0.5, 0.6) is 0 Å². The first-order chi connectivity index (χ1) is 10.6. The molecule has 0 amide bonds. The number of hydrogen-bond donors (Lipinski definition) is 1. The highest BCUT2D eigenvalue weighted by atomic mass is 32.1. The van der Waals surface area contributed by atoms with Crippen LogP contribution < -0.4 is 4.57 Å². The Kier molecular flexibility index (Phi) is 5.28.